The Morgan fingerprint density at radius 1 is 1.07 bits per heavy atom. The average Bonchev–Trinajstić information content (AvgIpc) is 2.67. The van der Waals surface area contributed by atoms with Gasteiger partial charge in [0.25, 0.3) is 0 Å². The minimum atomic E-state index is -1.02. The Kier molecular flexibility index (Phi) is 7.14. The third-order valence-electron chi connectivity index (χ3n) is 4.14. The van der Waals surface area contributed by atoms with Gasteiger partial charge in [0, 0.05) is 12.3 Å². The molecule has 7 nitrogen and oxygen atoms in total. The van der Waals surface area contributed by atoms with Crippen LogP contribution in [0.1, 0.15) is 35.3 Å². The molecule has 1 atom stereocenters. The predicted octanol–water partition coefficient (Wildman–Crippen LogP) is 2.55. The van der Waals surface area contributed by atoms with Crippen LogP contribution in [0, 0.1) is 5.92 Å². The van der Waals surface area contributed by atoms with E-state index in [2.05, 4.69) is 5.32 Å². The molecule has 4 N–H and O–H groups in total. The number of alkyl carbamates (subject to hydrolysis) is 1. The van der Waals surface area contributed by atoms with Crippen LogP contribution in [0.15, 0.2) is 48.5 Å². The van der Waals surface area contributed by atoms with Crippen molar-refractivity contribution in [2.24, 2.45) is 11.7 Å². The Morgan fingerprint density at radius 2 is 1.75 bits per heavy atom. The van der Waals surface area contributed by atoms with Crippen molar-refractivity contribution < 1.29 is 24.2 Å². The first kappa shape index (κ1) is 21.0. The maximum atomic E-state index is 12.2. The normalized spacial score (nSPS) is 11.7. The van der Waals surface area contributed by atoms with Gasteiger partial charge in [0.1, 0.15) is 18.4 Å². The minimum absolute atomic E-state index is 0.0599. The molecule has 0 bridgehead atoms. The molecule has 0 aromatic heterocycles. The molecule has 2 aromatic carbocycles. The van der Waals surface area contributed by atoms with E-state index in [4.69, 9.17) is 10.5 Å². The number of amides is 2. The Morgan fingerprint density at radius 3 is 2.36 bits per heavy atom. The van der Waals surface area contributed by atoms with E-state index in [9.17, 15) is 19.5 Å². The number of carbonyl (C=O) groups is 3. The first-order chi connectivity index (χ1) is 13.3. The molecule has 0 heterocycles. The quantitative estimate of drug-likeness (QED) is 0.605. The molecule has 2 amide bonds. The van der Waals surface area contributed by atoms with E-state index >= 15 is 0 Å². The smallest absolute Gasteiger partial charge is 0.408 e. The van der Waals surface area contributed by atoms with E-state index in [0.717, 1.165) is 5.56 Å². The number of hydrogen-bond donors (Lipinski definition) is 3. The number of nitrogens with one attached hydrogen (secondary N) is 1. The topological polar surface area (TPSA) is 119 Å². The Labute approximate surface area is 163 Å². The van der Waals surface area contributed by atoms with Crippen molar-refractivity contribution in [2.75, 3.05) is 0 Å². The SMILES string of the molecule is CC(C)C(=O)c1cc(C[C@H](NC(=O)OCc2ccccc2)C(N)=O)ccc1O. The number of hydrogen-bond acceptors (Lipinski definition) is 5. The van der Waals surface area contributed by atoms with Gasteiger partial charge >= 0.3 is 6.09 Å². The summed E-state index contributed by atoms with van der Waals surface area (Å²) in [6, 6.07) is 12.6. The molecule has 28 heavy (non-hydrogen) atoms. The Bertz CT molecular complexity index is 849. The van der Waals surface area contributed by atoms with E-state index in [0.29, 0.717) is 5.56 Å². The summed E-state index contributed by atoms with van der Waals surface area (Å²) in [4.78, 5) is 35.9. The van der Waals surface area contributed by atoms with Crippen LogP contribution in [0.4, 0.5) is 4.79 Å². The molecule has 0 aliphatic rings. The summed E-state index contributed by atoms with van der Waals surface area (Å²) in [7, 11) is 0. The van der Waals surface area contributed by atoms with Crippen molar-refractivity contribution in [1.29, 1.82) is 0 Å². The van der Waals surface area contributed by atoms with E-state index < -0.39 is 18.0 Å². The monoisotopic (exact) mass is 384 g/mol. The van der Waals surface area contributed by atoms with Gasteiger partial charge in [0.15, 0.2) is 5.78 Å². The van der Waals surface area contributed by atoms with Gasteiger partial charge in [0.2, 0.25) is 5.91 Å². The largest absolute Gasteiger partial charge is 0.507 e. The minimum Gasteiger partial charge on any atom is -0.507 e. The molecular formula is C21H24N2O5. The van der Waals surface area contributed by atoms with Crippen LogP contribution in [-0.4, -0.2) is 28.9 Å². The number of carbonyl (C=O) groups excluding carboxylic acids is 3. The van der Waals surface area contributed by atoms with Crippen molar-refractivity contribution in [1.82, 2.24) is 5.32 Å². The fraction of sp³-hybridized carbons (Fsp3) is 0.286. The van der Waals surface area contributed by atoms with Crippen molar-refractivity contribution in [3.8, 4) is 5.75 Å². The van der Waals surface area contributed by atoms with Gasteiger partial charge in [-0.2, -0.15) is 0 Å². The second kappa shape index (κ2) is 9.55. The molecule has 0 spiro atoms. The molecule has 0 aliphatic heterocycles. The molecule has 2 aromatic rings. The highest BCUT2D eigenvalue weighted by Gasteiger charge is 2.21. The van der Waals surface area contributed by atoms with Crippen molar-refractivity contribution in [3.05, 3.63) is 65.2 Å². The fourth-order valence-corrected chi connectivity index (χ4v) is 2.58. The number of primary amides is 1. The summed E-state index contributed by atoms with van der Waals surface area (Å²) in [6.45, 7) is 3.51. The number of Topliss-reactive ketones (excluding diaryl/α,β-unsaturated/α-hetero) is 1. The van der Waals surface area contributed by atoms with Gasteiger partial charge in [-0.1, -0.05) is 50.2 Å². The van der Waals surface area contributed by atoms with E-state index in [1.54, 1.807) is 19.9 Å². The standard InChI is InChI=1S/C21H24N2O5/c1-13(2)19(25)16-10-15(8-9-18(16)24)11-17(20(22)26)23-21(27)28-12-14-6-4-3-5-7-14/h3-10,13,17,24H,11-12H2,1-2H3,(H2,22,26)(H,23,27)/t17-/m0/s1. The lowest BCUT2D eigenvalue weighted by atomic mass is 9.96. The zero-order valence-corrected chi connectivity index (χ0v) is 15.8. The molecule has 148 valence electrons. The highest BCUT2D eigenvalue weighted by atomic mass is 16.5. The third kappa shape index (κ3) is 5.84. The molecular weight excluding hydrogens is 360 g/mol. The molecule has 0 unspecified atom stereocenters. The molecule has 0 radical (unpaired) electrons. The van der Waals surface area contributed by atoms with Crippen LogP contribution < -0.4 is 11.1 Å². The summed E-state index contributed by atoms with van der Waals surface area (Å²) >= 11 is 0. The summed E-state index contributed by atoms with van der Waals surface area (Å²) in [6.07, 6.45) is -0.709. The van der Waals surface area contributed by atoms with Gasteiger partial charge in [-0.3, -0.25) is 9.59 Å². The van der Waals surface area contributed by atoms with Crippen LogP contribution in [0.5, 0.6) is 5.75 Å². The van der Waals surface area contributed by atoms with Crippen LogP contribution in [0.3, 0.4) is 0 Å². The first-order valence-electron chi connectivity index (χ1n) is 8.90. The fourth-order valence-electron chi connectivity index (χ4n) is 2.58. The van der Waals surface area contributed by atoms with Gasteiger partial charge in [-0.05, 0) is 23.3 Å². The van der Waals surface area contributed by atoms with E-state index in [-0.39, 0.29) is 36.0 Å². The third-order valence-corrected chi connectivity index (χ3v) is 4.14. The second-order valence-corrected chi connectivity index (χ2v) is 6.74. The lowest BCUT2D eigenvalue weighted by Gasteiger charge is -2.16. The van der Waals surface area contributed by atoms with Crippen LogP contribution in [-0.2, 0) is 22.6 Å². The summed E-state index contributed by atoms with van der Waals surface area (Å²) in [5.74, 6) is -1.38. The number of nitrogens with two attached hydrogens (primary N) is 1. The number of ketones is 1. The van der Waals surface area contributed by atoms with Crippen molar-refractivity contribution in [2.45, 2.75) is 32.9 Å². The van der Waals surface area contributed by atoms with Crippen LogP contribution in [0.25, 0.3) is 0 Å². The second-order valence-electron chi connectivity index (χ2n) is 6.74. The zero-order valence-electron chi connectivity index (χ0n) is 15.8. The Balaban J connectivity index is 2.04. The molecule has 2 rings (SSSR count). The van der Waals surface area contributed by atoms with Crippen molar-refractivity contribution >= 4 is 17.8 Å². The lowest BCUT2D eigenvalue weighted by Crippen LogP contribution is -2.46. The molecule has 0 fully saturated rings. The number of rotatable bonds is 8. The number of ether oxygens (including phenoxy) is 1. The summed E-state index contributed by atoms with van der Waals surface area (Å²) in [5, 5.41) is 12.4. The number of benzene rings is 2. The average molecular weight is 384 g/mol. The number of phenols is 1. The molecule has 7 heteroatoms. The predicted molar refractivity (Wildman–Crippen MR) is 104 cm³/mol. The molecule has 0 saturated heterocycles. The van der Waals surface area contributed by atoms with E-state index in [1.807, 2.05) is 30.3 Å². The van der Waals surface area contributed by atoms with Gasteiger partial charge < -0.3 is 20.9 Å². The van der Waals surface area contributed by atoms with Gasteiger partial charge in [-0.15, -0.1) is 0 Å². The van der Waals surface area contributed by atoms with Crippen LogP contribution in [0.2, 0.25) is 0 Å². The lowest BCUT2D eigenvalue weighted by molar-refractivity contribution is -0.119. The highest BCUT2D eigenvalue weighted by molar-refractivity contribution is 6.00. The molecule has 0 aliphatic carbocycles. The maximum Gasteiger partial charge on any atom is 0.408 e. The summed E-state index contributed by atoms with van der Waals surface area (Å²) < 4.78 is 5.11. The molecule has 0 saturated carbocycles. The number of phenolic OH excluding ortho intramolecular Hbond substituents is 1. The first-order valence-corrected chi connectivity index (χ1v) is 8.90. The van der Waals surface area contributed by atoms with E-state index in [1.165, 1.54) is 12.1 Å². The van der Waals surface area contributed by atoms with Crippen molar-refractivity contribution in [3.63, 3.8) is 0 Å². The zero-order chi connectivity index (χ0) is 20.7. The number of aromatic hydroxyl groups is 1. The highest BCUT2D eigenvalue weighted by Crippen LogP contribution is 2.22. The van der Waals surface area contributed by atoms with Gasteiger partial charge in [-0.25, -0.2) is 4.79 Å². The Hall–Kier alpha value is -3.35. The van der Waals surface area contributed by atoms with Gasteiger partial charge in [0.05, 0.1) is 5.56 Å². The maximum absolute atomic E-state index is 12.2. The van der Waals surface area contributed by atoms with Crippen LogP contribution >= 0.6 is 0 Å². The summed E-state index contributed by atoms with van der Waals surface area (Å²) in [5.41, 5.74) is 6.95.